The summed E-state index contributed by atoms with van der Waals surface area (Å²) >= 11 is 0. The third-order valence-electron chi connectivity index (χ3n) is 3.35. The zero-order valence-electron chi connectivity index (χ0n) is 14.5. The number of alkyl halides is 11. The van der Waals surface area contributed by atoms with E-state index < -0.39 is 74.9 Å². The van der Waals surface area contributed by atoms with Crippen LogP contribution in [0, 0.1) is 26.0 Å². The SMILES string of the molecule is O=C(Nc1cc(F)c([N+](=O)[O-])cc1[N+](=O)[O-])C(F)(OC(F)(F)C(F)(F)C(F)(F)F)C(F)(F)F. The summed E-state index contributed by atoms with van der Waals surface area (Å²) in [6, 6.07) is -0.793. The summed E-state index contributed by atoms with van der Waals surface area (Å²) in [6.45, 7) is 0. The molecule has 0 saturated heterocycles. The van der Waals surface area contributed by atoms with Crippen molar-refractivity contribution in [1.29, 1.82) is 0 Å². The number of hydrogen-bond acceptors (Lipinski definition) is 6. The molecule has 0 aliphatic rings. The molecular formula is C12H3F12N3O6. The summed E-state index contributed by atoms with van der Waals surface area (Å²) in [7, 11) is 0. The van der Waals surface area contributed by atoms with Gasteiger partial charge in [0, 0.05) is 6.07 Å². The maximum absolute atomic E-state index is 14.1. The minimum absolute atomic E-state index is 0.328. The lowest BCUT2D eigenvalue weighted by Crippen LogP contribution is -2.62. The quantitative estimate of drug-likeness (QED) is 0.323. The molecule has 1 rings (SSSR count). The number of anilines is 1. The smallest absolute Gasteiger partial charge is 0.315 e. The Morgan fingerprint density at radius 3 is 1.64 bits per heavy atom. The predicted molar refractivity (Wildman–Crippen MR) is 75.3 cm³/mol. The van der Waals surface area contributed by atoms with Gasteiger partial charge >= 0.3 is 35.9 Å². The third kappa shape index (κ3) is 5.01. The first-order valence-corrected chi connectivity index (χ1v) is 7.21. The van der Waals surface area contributed by atoms with E-state index in [4.69, 9.17) is 0 Å². The number of carbonyl (C=O) groups is 1. The van der Waals surface area contributed by atoms with Gasteiger partial charge in [-0.05, 0) is 0 Å². The Hall–Kier alpha value is -3.39. The monoisotopic (exact) mass is 513 g/mol. The second kappa shape index (κ2) is 8.19. The number of halogens is 12. The average Bonchev–Trinajstić information content (AvgIpc) is 2.58. The van der Waals surface area contributed by atoms with Crippen molar-refractivity contribution in [2.75, 3.05) is 5.32 Å². The molecule has 1 N–H and O–H groups in total. The molecule has 21 heteroatoms. The van der Waals surface area contributed by atoms with E-state index in [1.807, 2.05) is 4.74 Å². The number of nitro benzene ring substituents is 2. The fraction of sp³-hybridized carbons (Fsp3) is 0.417. The first-order valence-electron chi connectivity index (χ1n) is 7.21. The second-order valence-electron chi connectivity index (χ2n) is 5.57. The molecule has 1 amide bonds. The number of nitro groups is 2. The lowest BCUT2D eigenvalue weighted by molar-refractivity contribution is -0.472. The summed E-state index contributed by atoms with van der Waals surface area (Å²) in [5, 5.41) is 21.8. The number of carbonyl (C=O) groups excluding carboxylic acids is 1. The van der Waals surface area contributed by atoms with Gasteiger partial charge in [-0.3, -0.25) is 29.8 Å². The molecule has 0 spiro atoms. The highest BCUT2D eigenvalue weighted by Gasteiger charge is 2.79. The van der Waals surface area contributed by atoms with Gasteiger partial charge in [0.15, 0.2) is 0 Å². The minimum atomic E-state index is -7.49. The van der Waals surface area contributed by atoms with Crippen molar-refractivity contribution in [2.24, 2.45) is 0 Å². The van der Waals surface area contributed by atoms with Crippen molar-refractivity contribution in [1.82, 2.24) is 0 Å². The Kier molecular flexibility index (Phi) is 6.86. The number of rotatable bonds is 7. The van der Waals surface area contributed by atoms with Crippen molar-refractivity contribution in [3.8, 4) is 0 Å². The Balaban J connectivity index is 3.57. The van der Waals surface area contributed by atoms with E-state index >= 15 is 0 Å². The van der Waals surface area contributed by atoms with Gasteiger partial charge in [0.2, 0.25) is 5.82 Å². The van der Waals surface area contributed by atoms with Crippen molar-refractivity contribution < 1.29 is 72.1 Å². The van der Waals surface area contributed by atoms with Crippen molar-refractivity contribution in [3.05, 3.63) is 38.2 Å². The van der Waals surface area contributed by atoms with Gasteiger partial charge in [0.25, 0.3) is 11.6 Å². The number of ether oxygens (including phenoxy) is 1. The minimum Gasteiger partial charge on any atom is -0.315 e. The molecule has 0 radical (unpaired) electrons. The maximum Gasteiger partial charge on any atom is 0.462 e. The highest BCUT2D eigenvalue weighted by atomic mass is 19.4. The van der Waals surface area contributed by atoms with E-state index in [1.165, 1.54) is 0 Å². The molecule has 0 aliphatic carbocycles. The normalized spacial score (nSPS) is 15.0. The molecule has 0 aliphatic heterocycles. The molecule has 0 aromatic heterocycles. The highest BCUT2D eigenvalue weighted by molar-refractivity contribution is 5.98. The third-order valence-corrected chi connectivity index (χ3v) is 3.35. The van der Waals surface area contributed by atoms with Gasteiger partial charge in [-0.2, -0.15) is 52.7 Å². The topological polar surface area (TPSA) is 125 Å². The first kappa shape index (κ1) is 27.6. The molecule has 1 aromatic rings. The van der Waals surface area contributed by atoms with Crippen LogP contribution >= 0.6 is 0 Å². The van der Waals surface area contributed by atoms with Crippen LogP contribution in [0.3, 0.4) is 0 Å². The van der Waals surface area contributed by atoms with E-state index in [9.17, 15) is 77.7 Å². The molecule has 9 nitrogen and oxygen atoms in total. The molecule has 0 heterocycles. The lowest BCUT2D eigenvalue weighted by atomic mass is 10.2. The Labute approximate surface area is 170 Å². The fourth-order valence-electron chi connectivity index (χ4n) is 1.78. The zero-order valence-corrected chi connectivity index (χ0v) is 14.5. The van der Waals surface area contributed by atoms with E-state index in [0.29, 0.717) is 5.32 Å². The maximum atomic E-state index is 14.1. The molecule has 0 bridgehead atoms. The van der Waals surface area contributed by atoms with Gasteiger partial charge < -0.3 is 5.32 Å². The van der Waals surface area contributed by atoms with Crippen molar-refractivity contribution in [3.63, 3.8) is 0 Å². The highest BCUT2D eigenvalue weighted by Crippen LogP contribution is 2.51. The summed E-state index contributed by atoms with van der Waals surface area (Å²) in [5.74, 6) is -20.1. The Bertz CT molecular complexity index is 978. The summed E-state index contributed by atoms with van der Waals surface area (Å²) < 4.78 is 156. The number of benzene rings is 1. The standard InChI is InChI=1S/C12H3F12N3O6/c13-3-1-4(6(27(31)32)2-5(3)26(29)30)25-7(28)8(14,10(17,18)19)33-12(23,24)9(15,16)11(20,21)22/h1-2H,(H,25,28). The van der Waals surface area contributed by atoms with Crippen molar-refractivity contribution in [2.45, 2.75) is 30.2 Å². The van der Waals surface area contributed by atoms with Gasteiger partial charge in [-0.1, -0.05) is 0 Å². The number of amides is 1. The fourth-order valence-corrected chi connectivity index (χ4v) is 1.78. The number of nitrogens with zero attached hydrogens (tertiary/aromatic N) is 2. The van der Waals surface area contributed by atoms with Gasteiger partial charge in [0.1, 0.15) is 5.69 Å². The summed E-state index contributed by atoms with van der Waals surface area (Å²) in [5.41, 5.74) is -5.43. The molecule has 186 valence electrons. The van der Waals surface area contributed by atoms with Crippen LogP contribution in [0.1, 0.15) is 0 Å². The zero-order chi connectivity index (χ0) is 26.4. The molecule has 0 fully saturated rings. The van der Waals surface area contributed by atoms with Crippen molar-refractivity contribution >= 4 is 23.0 Å². The molecule has 1 atom stereocenters. The van der Waals surface area contributed by atoms with Crippen LogP contribution in [0.5, 0.6) is 0 Å². The molecule has 1 aromatic carbocycles. The van der Waals surface area contributed by atoms with E-state index in [1.54, 1.807) is 0 Å². The van der Waals surface area contributed by atoms with Crippen LogP contribution < -0.4 is 5.32 Å². The van der Waals surface area contributed by atoms with Gasteiger partial charge in [0.05, 0.1) is 15.9 Å². The Morgan fingerprint density at radius 1 is 0.818 bits per heavy atom. The summed E-state index contributed by atoms with van der Waals surface area (Å²) in [6.07, 6.45) is -21.8. The number of nitrogens with one attached hydrogen (secondary N) is 1. The van der Waals surface area contributed by atoms with Crippen LogP contribution in [0.4, 0.5) is 69.7 Å². The van der Waals surface area contributed by atoms with Gasteiger partial charge in [-0.25, -0.2) is 0 Å². The average molecular weight is 513 g/mol. The molecule has 33 heavy (non-hydrogen) atoms. The second-order valence-corrected chi connectivity index (χ2v) is 5.57. The van der Waals surface area contributed by atoms with E-state index in [0.717, 1.165) is 0 Å². The predicted octanol–water partition coefficient (Wildman–Crippen LogP) is 4.62. The van der Waals surface area contributed by atoms with E-state index in [2.05, 4.69) is 0 Å². The molecule has 1 unspecified atom stereocenters. The first-order chi connectivity index (χ1) is 14.5. The largest absolute Gasteiger partial charge is 0.462 e. The van der Waals surface area contributed by atoms with Crippen LogP contribution in [0.2, 0.25) is 0 Å². The van der Waals surface area contributed by atoms with Crippen LogP contribution in [0.25, 0.3) is 0 Å². The lowest BCUT2D eigenvalue weighted by Gasteiger charge is -2.34. The summed E-state index contributed by atoms with van der Waals surface area (Å²) in [4.78, 5) is 29.6. The van der Waals surface area contributed by atoms with Crippen LogP contribution in [-0.4, -0.2) is 46.0 Å². The molecular weight excluding hydrogens is 510 g/mol. The van der Waals surface area contributed by atoms with Crippen LogP contribution in [-0.2, 0) is 9.53 Å². The van der Waals surface area contributed by atoms with E-state index in [-0.39, 0.29) is 6.07 Å². The van der Waals surface area contributed by atoms with Gasteiger partial charge in [-0.15, -0.1) is 0 Å². The van der Waals surface area contributed by atoms with Crippen LogP contribution in [0.15, 0.2) is 12.1 Å². The molecule has 0 saturated carbocycles. The number of hydrogen-bond donors (Lipinski definition) is 1. The Morgan fingerprint density at radius 2 is 1.27 bits per heavy atom.